The fraction of sp³-hybridized carbons (Fsp3) is 0.375. The molecule has 0 spiro atoms. The molecule has 0 saturated heterocycles. The first-order chi connectivity index (χ1) is 10.5. The molecule has 1 unspecified atom stereocenters. The van der Waals surface area contributed by atoms with E-state index in [2.05, 4.69) is 10.3 Å². The van der Waals surface area contributed by atoms with Crippen LogP contribution in [0, 0.1) is 11.6 Å². The van der Waals surface area contributed by atoms with Crippen molar-refractivity contribution in [2.45, 2.75) is 39.2 Å². The second-order valence-electron chi connectivity index (χ2n) is 5.12. The minimum Gasteiger partial charge on any atom is -0.441 e. The van der Waals surface area contributed by atoms with E-state index in [9.17, 15) is 13.6 Å². The Hall–Kier alpha value is -2.24. The lowest BCUT2D eigenvalue weighted by atomic mass is 10.2. The summed E-state index contributed by atoms with van der Waals surface area (Å²) < 4.78 is 31.9. The molecule has 0 bridgehead atoms. The van der Waals surface area contributed by atoms with Crippen LogP contribution in [0.4, 0.5) is 8.78 Å². The van der Waals surface area contributed by atoms with Gasteiger partial charge in [-0.2, -0.15) is 0 Å². The van der Waals surface area contributed by atoms with Crippen LogP contribution >= 0.6 is 0 Å². The van der Waals surface area contributed by atoms with E-state index in [-0.39, 0.29) is 29.7 Å². The van der Waals surface area contributed by atoms with Gasteiger partial charge in [0.05, 0.1) is 11.8 Å². The van der Waals surface area contributed by atoms with Gasteiger partial charge in [0.25, 0.3) is 0 Å². The monoisotopic (exact) mass is 308 g/mol. The molecular weight excluding hydrogens is 290 g/mol. The summed E-state index contributed by atoms with van der Waals surface area (Å²) in [4.78, 5) is 15.7. The SMILES string of the molecule is CCC(C)NC(=O)CCc1ncc(-c2ccc(F)cc2F)o1. The molecule has 4 nitrogen and oxygen atoms in total. The van der Waals surface area contributed by atoms with Gasteiger partial charge in [-0.15, -0.1) is 0 Å². The van der Waals surface area contributed by atoms with E-state index in [0.717, 1.165) is 18.6 Å². The number of hydrogen-bond acceptors (Lipinski definition) is 3. The maximum Gasteiger partial charge on any atom is 0.220 e. The van der Waals surface area contributed by atoms with E-state index in [1.165, 1.54) is 12.3 Å². The highest BCUT2D eigenvalue weighted by Crippen LogP contribution is 2.24. The Kier molecular flexibility index (Phi) is 5.25. The Morgan fingerprint density at radius 3 is 2.86 bits per heavy atom. The topological polar surface area (TPSA) is 55.1 Å². The highest BCUT2D eigenvalue weighted by atomic mass is 19.1. The van der Waals surface area contributed by atoms with Gasteiger partial charge in [0.1, 0.15) is 11.6 Å². The van der Waals surface area contributed by atoms with Crippen LogP contribution < -0.4 is 5.32 Å². The van der Waals surface area contributed by atoms with E-state index in [4.69, 9.17) is 4.42 Å². The van der Waals surface area contributed by atoms with Gasteiger partial charge in [0, 0.05) is 24.9 Å². The molecule has 118 valence electrons. The molecule has 1 atom stereocenters. The number of aromatic nitrogens is 1. The number of rotatable bonds is 6. The average Bonchev–Trinajstić information content (AvgIpc) is 2.93. The number of hydrogen-bond donors (Lipinski definition) is 1. The standard InChI is InChI=1S/C16H18F2N2O2/c1-3-10(2)20-15(21)6-7-16-19-9-14(22-16)12-5-4-11(17)8-13(12)18/h4-5,8-10H,3,6-7H2,1-2H3,(H,20,21). The highest BCUT2D eigenvalue weighted by Gasteiger charge is 2.13. The van der Waals surface area contributed by atoms with Crippen molar-refractivity contribution in [2.24, 2.45) is 0 Å². The summed E-state index contributed by atoms with van der Waals surface area (Å²) in [7, 11) is 0. The number of carbonyl (C=O) groups excluding carboxylic acids is 1. The number of carbonyl (C=O) groups is 1. The Morgan fingerprint density at radius 2 is 2.18 bits per heavy atom. The summed E-state index contributed by atoms with van der Waals surface area (Å²) in [6, 6.07) is 3.36. The second kappa shape index (κ2) is 7.15. The zero-order chi connectivity index (χ0) is 16.1. The Labute approximate surface area is 127 Å². The van der Waals surface area contributed by atoms with Gasteiger partial charge < -0.3 is 9.73 Å². The molecule has 1 heterocycles. The van der Waals surface area contributed by atoms with Gasteiger partial charge in [0.15, 0.2) is 11.7 Å². The molecule has 0 aliphatic carbocycles. The summed E-state index contributed by atoms with van der Waals surface area (Å²) in [6.45, 7) is 3.92. The van der Waals surface area contributed by atoms with E-state index in [1.807, 2.05) is 13.8 Å². The van der Waals surface area contributed by atoms with E-state index < -0.39 is 11.6 Å². The summed E-state index contributed by atoms with van der Waals surface area (Å²) in [6.07, 6.45) is 2.80. The van der Waals surface area contributed by atoms with Crippen LogP contribution in [-0.4, -0.2) is 16.9 Å². The van der Waals surface area contributed by atoms with Crippen LogP contribution in [0.3, 0.4) is 0 Å². The van der Waals surface area contributed by atoms with E-state index >= 15 is 0 Å². The highest BCUT2D eigenvalue weighted by molar-refractivity contribution is 5.76. The minimum atomic E-state index is -0.711. The van der Waals surface area contributed by atoms with Crippen molar-refractivity contribution in [3.05, 3.63) is 41.9 Å². The lowest BCUT2D eigenvalue weighted by Crippen LogP contribution is -2.32. The molecule has 6 heteroatoms. The Morgan fingerprint density at radius 1 is 1.41 bits per heavy atom. The van der Waals surface area contributed by atoms with Crippen LogP contribution in [0.15, 0.2) is 28.8 Å². The smallest absolute Gasteiger partial charge is 0.220 e. The van der Waals surface area contributed by atoms with Crippen LogP contribution in [0.1, 0.15) is 32.6 Å². The lowest BCUT2D eigenvalue weighted by Gasteiger charge is -2.10. The van der Waals surface area contributed by atoms with Crippen LogP contribution in [0.5, 0.6) is 0 Å². The number of amides is 1. The fourth-order valence-corrected chi connectivity index (χ4v) is 1.91. The first-order valence-electron chi connectivity index (χ1n) is 7.19. The lowest BCUT2D eigenvalue weighted by molar-refractivity contribution is -0.121. The fourth-order valence-electron chi connectivity index (χ4n) is 1.91. The van der Waals surface area contributed by atoms with Crippen molar-refractivity contribution < 1.29 is 18.0 Å². The van der Waals surface area contributed by atoms with Crippen molar-refractivity contribution in [3.8, 4) is 11.3 Å². The average molecular weight is 308 g/mol. The predicted octanol–water partition coefficient (Wildman–Crippen LogP) is 3.47. The first kappa shape index (κ1) is 16.1. The zero-order valence-electron chi connectivity index (χ0n) is 12.5. The molecule has 1 N–H and O–H groups in total. The first-order valence-corrected chi connectivity index (χ1v) is 7.19. The summed E-state index contributed by atoms with van der Waals surface area (Å²) >= 11 is 0. The van der Waals surface area contributed by atoms with Crippen molar-refractivity contribution in [1.29, 1.82) is 0 Å². The molecule has 1 aromatic carbocycles. The summed E-state index contributed by atoms with van der Waals surface area (Å²) in [5.41, 5.74) is 0.143. The minimum absolute atomic E-state index is 0.0814. The number of benzene rings is 1. The summed E-state index contributed by atoms with van der Waals surface area (Å²) in [5, 5.41) is 2.84. The number of nitrogens with zero attached hydrogens (tertiary/aromatic N) is 1. The molecule has 2 rings (SSSR count). The van der Waals surface area contributed by atoms with Gasteiger partial charge >= 0.3 is 0 Å². The molecule has 0 saturated carbocycles. The largest absolute Gasteiger partial charge is 0.441 e. The molecule has 0 aliphatic heterocycles. The van der Waals surface area contributed by atoms with Crippen LogP contribution in [0.25, 0.3) is 11.3 Å². The molecule has 0 radical (unpaired) electrons. The Bertz CT molecular complexity index is 655. The van der Waals surface area contributed by atoms with Gasteiger partial charge in [0.2, 0.25) is 5.91 Å². The third kappa shape index (κ3) is 4.13. The number of nitrogens with one attached hydrogen (secondary N) is 1. The number of halogens is 2. The van der Waals surface area contributed by atoms with E-state index in [0.29, 0.717) is 12.3 Å². The molecule has 22 heavy (non-hydrogen) atoms. The van der Waals surface area contributed by atoms with Crippen LogP contribution in [-0.2, 0) is 11.2 Å². The maximum absolute atomic E-state index is 13.6. The number of oxazole rings is 1. The van der Waals surface area contributed by atoms with Crippen LogP contribution in [0.2, 0.25) is 0 Å². The van der Waals surface area contributed by atoms with Crippen molar-refractivity contribution in [3.63, 3.8) is 0 Å². The molecule has 1 aromatic heterocycles. The Balaban J connectivity index is 1.98. The van der Waals surface area contributed by atoms with Gasteiger partial charge in [-0.1, -0.05) is 6.92 Å². The summed E-state index contributed by atoms with van der Waals surface area (Å²) in [5.74, 6) is -0.880. The third-order valence-corrected chi connectivity index (χ3v) is 3.34. The van der Waals surface area contributed by atoms with E-state index in [1.54, 1.807) is 0 Å². The quantitative estimate of drug-likeness (QED) is 0.889. The normalized spacial score (nSPS) is 12.2. The molecule has 2 aromatic rings. The van der Waals surface area contributed by atoms with Crippen molar-refractivity contribution in [2.75, 3.05) is 0 Å². The molecule has 1 amide bonds. The maximum atomic E-state index is 13.6. The predicted molar refractivity (Wildman–Crippen MR) is 78.1 cm³/mol. The van der Waals surface area contributed by atoms with Gasteiger partial charge in [-0.05, 0) is 25.5 Å². The number of aryl methyl sites for hydroxylation is 1. The van der Waals surface area contributed by atoms with Gasteiger partial charge in [-0.3, -0.25) is 4.79 Å². The van der Waals surface area contributed by atoms with Gasteiger partial charge in [-0.25, -0.2) is 13.8 Å². The molecular formula is C16H18F2N2O2. The van der Waals surface area contributed by atoms with Crippen molar-refractivity contribution >= 4 is 5.91 Å². The molecule has 0 aliphatic rings. The zero-order valence-corrected chi connectivity index (χ0v) is 12.5. The third-order valence-electron chi connectivity index (χ3n) is 3.34. The molecule has 0 fully saturated rings. The van der Waals surface area contributed by atoms with Crippen molar-refractivity contribution in [1.82, 2.24) is 10.3 Å². The second-order valence-corrected chi connectivity index (χ2v) is 5.12.